The van der Waals surface area contributed by atoms with E-state index >= 15 is 0 Å². The van der Waals surface area contributed by atoms with Crippen LogP contribution in [-0.4, -0.2) is 24.0 Å². The van der Waals surface area contributed by atoms with Crippen LogP contribution < -0.4 is 11.1 Å². The van der Waals surface area contributed by atoms with Gasteiger partial charge in [-0.2, -0.15) is 0 Å². The van der Waals surface area contributed by atoms with E-state index in [-0.39, 0.29) is 12.5 Å². The van der Waals surface area contributed by atoms with Crippen molar-refractivity contribution in [1.29, 1.82) is 0 Å². The van der Waals surface area contributed by atoms with Gasteiger partial charge in [-0.3, -0.25) is 4.79 Å². The third-order valence-corrected chi connectivity index (χ3v) is 2.32. The van der Waals surface area contributed by atoms with Crippen LogP contribution in [0.25, 0.3) is 11.1 Å². The van der Waals surface area contributed by atoms with Crippen molar-refractivity contribution >= 4 is 17.0 Å². The molecule has 1 aromatic carbocycles. The van der Waals surface area contributed by atoms with Gasteiger partial charge in [-0.15, -0.1) is 0 Å². The van der Waals surface area contributed by atoms with Crippen LogP contribution in [-0.2, 0) is 11.2 Å². The molecule has 1 amide bonds. The molecule has 0 saturated carbocycles. The summed E-state index contributed by atoms with van der Waals surface area (Å²) in [6.45, 7) is 0.608. The number of aromatic nitrogens is 1. The fourth-order valence-electron chi connectivity index (χ4n) is 1.47. The highest BCUT2D eigenvalue weighted by atomic mass is 16.3. The fourth-order valence-corrected chi connectivity index (χ4v) is 1.47. The maximum Gasteiger partial charge on any atom is 0.233 e. The molecular weight excluding hydrogens is 206 g/mol. The molecule has 5 nitrogen and oxygen atoms in total. The van der Waals surface area contributed by atoms with Crippen molar-refractivity contribution in [2.45, 2.75) is 6.42 Å². The van der Waals surface area contributed by atoms with E-state index in [9.17, 15) is 4.79 Å². The van der Waals surface area contributed by atoms with Crippen LogP contribution in [0, 0.1) is 0 Å². The number of hydrogen-bond acceptors (Lipinski definition) is 4. The zero-order valence-corrected chi connectivity index (χ0v) is 8.77. The Bertz CT molecular complexity index is 493. The van der Waals surface area contributed by atoms with Crippen molar-refractivity contribution in [3.05, 3.63) is 30.2 Å². The lowest BCUT2D eigenvalue weighted by Crippen LogP contribution is -2.31. The second kappa shape index (κ2) is 4.76. The molecule has 1 heterocycles. The van der Waals surface area contributed by atoms with Crippen LogP contribution in [0.1, 0.15) is 5.56 Å². The molecule has 0 aliphatic rings. The van der Waals surface area contributed by atoms with Crippen LogP contribution in [0.2, 0.25) is 0 Å². The summed E-state index contributed by atoms with van der Waals surface area (Å²) in [6, 6.07) is 5.80. The van der Waals surface area contributed by atoms with Crippen molar-refractivity contribution in [3.8, 4) is 0 Å². The Morgan fingerprint density at radius 3 is 3.19 bits per heavy atom. The summed E-state index contributed by atoms with van der Waals surface area (Å²) >= 11 is 0. The number of rotatable bonds is 4. The van der Waals surface area contributed by atoms with Crippen LogP contribution in [0.15, 0.2) is 29.0 Å². The monoisotopic (exact) mass is 219 g/mol. The number of nitrogens with two attached hydrogens (primary N) is 1. The third-order valence-electron chi connectivity index (χ3n) is 2.32. The minimum absolute atomic E-state index is 0.0289. The Labute approximate surface area is 92.6 Å². The third kappa shape index (κ3) is 2.38. The maximum atomic E-state index is 10.9. The average molecular weight is 219 g/mol. The summed E-state index contributed by atoms with van der Waals surface area (Å²) in [5.74, 6) is -0.138. The molecule has 0 atom stereocenters. The molecule has 0 radical (unpaired) electrons. The van der Waals surface area contributed by atoms with E-state index in [0.29, 0.717) is 6.54 Å². The molecule has 1 aromatic heterocycles. The van der Waals surface area contributed by atoms with Gasteiger partial charge in [0.15, 0.2) is 12.0 Å². The molecule has 2 rings (SSSR count). The van der Waals surface area contributed by atoms with Gasteiger partial charge in [0, 0.05) is 6.54 Å². The summed E-state index contributed by atoms with van der Waals surface area (Å²) in [5.41, 5.74) is 7.88. The highest BCUT2D eigenvalue weighted by molar-refractivity contribution is 5.77. The molecule has 0 saturated heterocycles. The van der Waals surface area contributed by atoms with Crippen molar-refractivity contribution in [3.63, 3.8) is 0 Å². The Kier molecular flexibility index (Phi) is 3.16. The van der Waals surface area contributed by atoms with Gasteiger partial charge in [0.25, 0.3) is 0 Å². The highest BCUT2D eigenvalue weighted by Gasteiger charge is 2.01. The molecule has 0 fully saturated rings. The molecule has 0 aliphatic carbocycles. The number of hydrogen-bond donors (Lipinski definition) is 2. The molecule has 84 valence electrons. The minimum atomic E-state index is -0.138. The zero-order valence-electron chi connectivity index (χ0n) is 8.77. The first-order chi connectivity index (χ1) is 7.79. The van der Waals surface area contributed by atoms with Crippen molar-refractivity contribution in [2.75, 3.05) is 13.1 Å². The van der Waals surface area contributed by atoms with E-state index in [1.165, 1.54) is 6.39 Å². The quantitative estimate of drug-likeness (QED) is 0.782. The van der Waals surface area contributed by atoms with Crippen LogP contribution in [0.3, 0.4) is 0 Å². The maximum absolute atomic E-state index is 10.9. The summed E-state index contributed by atoms with van der Waals surface area (Å²) in [5, 5.41) is 2.71. The van der Waals surface area contributed by atoms with Gasteiger partial charge in [0.05, 0.1) is 6.54 Å². The second-order valence-corrected chi connectivity index (χ2v) is 3.46. The Morgan fingerprint density at radius 1 is 1.50 bits per heavy atom. The van der Waals surface area contributed by atoms with Crippen molar-refractivity contribution in [2.24, 2.45) is 5.73 Å². The summed E-state index contributed by atoms with van der Waals surface area (Å²) in [7, 11) is 0. The zero-order chi connectivity index (χ0) is 11.4. The number of carbonyl (C=O) groups excluding carboxylic acids is 1. The van der Waals surface area contributed by atoms with E-state index in [2.05, 4.69) is 10.3 Å². The molecule has 3 N–H and O–H groups in total. The smallest absolute Gasteiger partial charge is 0.233 e. The van der Waals surface area contributed by atoms with E-state index in [1.54, 1.807) is 0 Å². The highest BCUT2D eigenvalue weighted by Crippen LogP contribution is 2.14. The normalized spacial score (nSPS) is 10.6. The molecular formula is C11H13N3O2. The van der Waals surface area contributed by atoms with Gasteiger partial charge in [0.1, 0.15) is 5.52 Å². The first kappa shape index (κ1) is 10.6. The number of oxazole rings is 1. The largest absolute Gasteiger partial charge is 0.443 e. The predicted octanol–water partition coefficient (Wildman–Crippen LogP) is 0.445. The van der Waals surface area contributed by atoms with Crippen molar-refractivity contribution < 1.29 is 9.21 Å². The first-order valence-corrected chi connectivity index (χ1v) is 5.08. The standard InChI is InChI=1S/C11H13N3O2/c12-6-11(15)13-4-3-8-1-2-9-10(5-8)16-7-14-9/h1-2,5,7H,3-4,6,12H2,(H,13,15). The van der Waals surface area contributed by atoms with Gasteiger partial charge >= 0.3 is 0 Å². The lowest BCUT2D eigenvalue weighted by atomic mass is 10.1. The minimum Gasteiger partial charge on any atom is -0.443 e. The molecule has 0 spiro atoms. The lowest BCUT2D eigenvalue weighted by molar-refractivity contribution is -0.119. The van der Waals surface area contributed by atoms with Crippen LogP contribution >= 0.6 is 0 Å². The predicted molar refractivity (Wildman–Crippen MR) is 59.8 cm³/mol. The van der Waals surface area contributed by atoms with Crippen LogP contribution in [0.5, 0.6) is 0 Å². The van der Waals surface area contributed by atoms with Gasteiger partial charge in [0.2, 0.25) is 5.91 Å². The number of nitrogens with one attached hydrogen (secondary N) is 1. The molecule has 0 aliphatic heterocycles. The summed E-state index contributed by atoms with van der Waals surface area (Å²) in [6.07, 6.45) is 2.17. The molecule has 5 heteroatoms. The van der Waals surface area contributed by atoms with E-state index in [0.717, 1.165) is 23.1 Å². The second-order valence-electron chi connectivity index (χ2n) is 3.46. The number of benzene rings is 1. The topological polar surface area (TPSA) is 81.2 Å². The number of carbonyl (C=O) groups is 1. The van der Waals surface area contributed by atoms with Crippen molar-refractivity contribution in [1.82, 2.24) is 10.3 Å². The molecule has 0 bridgehead atoms. The number of fused-ring (bicyclic) bond motifs is 1. The van der Waals surface area contributed by atoms with Gasteiger partial charge in [-0.05, 0) is 24.1 Å². The van der Waals surface area contributed by atoms with Gasteiger partial charge < -0.3 is 15.5 Å². The molecule has 2 aromatic rings. The SMILES string of the molecule is NCC(=O)NCCc1ccc2ncoc2c1. The fraction of sp³-hybridized carbons (Fsp3) is 0.273. The van der Waals surface area contributed by atoms with E-state index in [4.69, 9.17) is 10.2 Å². The average Bonchev–Trinajstić information content (AvgIpc) is 2.76. The Hall–Kier alpha value is -1.88. The Balaban J connectivity index is 1.96. The summed E-state index contributed by atoms with van der Waals surface area (Å²) in [4.78, 5) is 14.9. The van der Waals surface area contributed by atoms with E-state index in [1.807, 2.05) is 18.2 Å². The molecule has 16 heavy (non-hydrogen) atoms. The van der Waals surface area contributed by atoms with E-state index < -0.39 is 0 Å². The number of amides is 1. The number of nitrogens with zero attached hydrogens (tertiary/aromatic N) is 1. The van der Waals surface area contributed by atoms with Crippen LogP contribution in [0.4, 0.5) is 0 Å². The molecule has 0 unspecified atom stereocenters. The lowest BCUT2D eigenvalue weighted by Gasteiger charge is -2.03. The Morgan fingerprint density at radius 2 is 2.38 bits per heavy atom. The van der Waals surface area contributed by atoms with Gasteiger partial charge in [-0.1, -0.05) is 6.07 Å². The van der Waals surface area contributed by atoms with Gasteiger partial charge in [-0.25, -0.2) is 4.98 Å². The first-order valence-electron chi connectivity index (χ1n) is 5.08. The summed E-state index contributed by atoms with van der Waals surface area (Å²) < 4.78 is 5.19.